The van der Waals surface area contributed by atoms with E-state index >= 15 is 0 Å². The fourth-order valence-corrected chi connectivity index (χ4v) is 1.03. The molecule has 0 bridgehead atoms. The molecule has 0 fully saturated rings. The average Bonchev–Trinajstić information content (AvgIpc) is 2.04. The van der Waals surface area contributed by atoms with E-state index in [0.29, 0.717) is 0 Å². The molecule has 3 nitrogen and oxygen atoms in total. The molecule has 0 heterocycles. The second-order valence-electron chi connectivity index (χ2n) is 2.75. The maximum absolute atomic E-state index is 9.20. The lowest BCUT2D eigenvalue weighted by molar-refractivity contribution is 0.413. The minimum atomic E-state index is 0.250. The van der Waals surface area contributed by atoms with Crippen molar-refractivity contribution in [3.63, 3.8) is 0 Å². The SMILES string of the molecule is COc1ccc(O)cc1N(C)C. The van der Waals surface area contributed by atoms with Gasteiger partial charge in [-0.05, 0) is 12.1 Å². The van der Waals surface area contributed by atoms with Crippen LogP contribution in [0.15, 0.2) is 18.2 Å². The van der Waals surface area contributed by atoms with Gasteiger partial charge in [-0.3, -0.25) is 0 Å². The Balaban J connectivity index is 3.12. The summed E-state index contributed by atoms with van der Waals surface area (Å²) in [4.78, 5) is 1.89. The quantitative estimate of drug-likeness (QED) is 0.724. The summed E-state index contributed by atoms with van der Waals surface area (Å²) < 4.78 is 5.11. The number of rotatable bonds is 2. The summed E-state index contributed by atoms with van der Waals surface area (Å²) in [5.41, 5.74) is 0.873. The highest BCUT2D eigenvalue weighted by Gasteiger charge is 2.04. The number of anilines is 1. The van der Waals surface area contributed by atoms with Crippen molar-refractivity contribution in [3.8, 4) is 11.5 Å². The van der Waals surface area contributed by atoms with E-state index in [1.165, 1.54) is 0 Å². The summed E-state index contributed by atoms with van der Waals surface area (Å²) in [6.45, 7) is 0. The lowest BCUT2D eigenvalue weighted by Gasteiger charge is -2.16. The normalized spacial score (nSPS) is 9.58. The van der Waals surface area contributed by atoms with Crippen LogP contribution in [0.5, 0.6) is 11.5 Å². The number of phenols is 1. The monoisotopic (exact) mass is 167 g/mol. The molecule has 1 N–H and O–H groups in total. The Morgan fingerprint density at radius 2 is 2.00 bits per heavy atom. The topological polar surface area (TPSA) is 32.7 Å². The first kappa shape index (κ1) is 8.71. The summed E-state index contributed by atoms with van der Waals surface area (Å²) in [6.07, 6.45) is 0. The van der Waals surface area contributed by atoms with Crippen molar-refractivity contribution in [2.75, 3.05) is 26.1 Å². The van der Waals surface area contributed by atoms with E-state index in [9.17, 15) is 5.11 Å². The zero-order chi connectivity index (χ0) is 9.14. The van der Waals surface area contributed by atoms with Crippen molar-refractivity contribution in [3.05, 3.63) is 18.2 Å². The van der Waals surface area contributed by atoms with Gasteiger partial charge in [0.1, 0.15) is 11.5 Å². The Morgan fingerprint density at radius 1 is 1.33 bits per heavy atom. The number of methoxy groups -OCH3 is 1. The number of benzene rings is 1. The molecule has 0 aliphatic heterocycles. The molecule has 0 spiro atoms. The molecule has 0 unspecified atom stereocenters. The Hall–Kier alpha value is -1.38. The fraction of sp³-hybridized carbons (Fsp3) is 0.333. The molecular weight excluding hydrogens is 154 g/mol. The van der Waals surface area contributed by atoms with E-state index in [1.54, 1.807) is 25.3 Å². The van der Waals surface area contributed by atoms with Crippen molar-refractivity contribution in [2.45, 2.75) is 0 Å². The number of ether oxygens (including phenoxy) is 1. The third-order valence-corrected chi connectivity index (χ3v) is 1.64. The van der Waals surface area contributed by atoms with E-state index in [0.717, 1.165) is 11.4 Å². The minimum Gasteiger partial charge on any atom is -0.508 e. The zero-order valence-corrected chi connectivity index (χ0v) is 7.53. The molecule has 0 amide bonds. The first-order chi connectivity index (χ1) is 5.65. The number of hydrogen-bond donors (Lipinski definition) is 1. The Morgan fingerprint density at radius 3 is 2.50 bits per heavy atom. The van der Waals surface area contributed by atoms with Gasteiger partial charge < -0.3 is 14.7 Å². The molecule has 0 saturated heterocycles. The first-order valence-corrected chi connectivity index (χ1v) is 3.69. The lowest BCUT2D eigenvalue weighted by atomic mass is 10.2. The standard InChI is InChI=1S/C9H13NO2/c1-10(2)8-6-7(11)4-5-9(8)12-3/h4-6,11H,1-3H3. The van der Waals surface area contributed by atoms with Crippen LogP contribution in [0, 0.1) is 0 Å². The molecule has 0 saturated carbocycles. The molecule has 1 aromatic carbocycles. The van der Waals surface area contributed by atoms with E-state index in [2.05, 4.69) is 0 Å². The Bertz CT molecular complexity index is 271. The molecule has 12 heavy (non-hydrogen) atoms. The molecule has 0 atom stereocenters. The third-order valence-electron chi connectivity index (χ3n) is 1.64. The van der Waals surface area contributed by atoms with Gasteiger partial charge in [-0.25, -0.2) is 0 Å². The molecule has 0 aliphatic carbocycles. The second-order valence-corrected chi connectivity index (χ2v) is 2.75. The van der Waals surface area contributed by atoms with Gasteiger partial charge in [0, 0.05) is 20.2 Å². The first-order valence-electron chi connectivity index (χ1n) is 3.69. The summed E-state index contributed by atoms with van der Waals surface area (Å²) in [7, 11) is 5.41. The van der Waals surface area contributed by atoms with Crippen LogP contribution in [0.1, 0.15) is 0 Å². The summed E-state index contributed by atoms with van der Waals surface area (Å²) >= 11 is 0. The maximum Gasteiger partial charge on any atom is 0.142 e. The maximum atomic E-state index is 9.20. The second kappa shape index (κ2) is 3.34. The van der Waals surface area contributed by atoms with Gasteiger partial charge in [0.2, 0.25) is 0 Å². The van der Waals surface area contributed by atoms with Crippen LogP contribution in [0.2, 0.25) is 0 Å². The number of nitrogens with zero attached hydrogens (tertiary/aromatic N) is 1. The van der Waals surface area contributed by atoms with Crippen LogP contribution in [0.25, 0.3) is 0 Å². The molecule has 0 aromatic heterocycles. The largest absolute Gasteiger partial charge is 0.508 e. The Kier molecular flexibility index (Phi) is 2.43. The highest BCUT2D eigenvalue weighted by molar-refractivity contribution is 5.60. The average molecular weight is 167 g/mol. The van der Waals surface area contributed by atoms with Crippen LogP contribution < -0.4 is 9.64 Å². The van der Waals surface area contributed by atoms with Crippen molar-refractivity contribution >= 4 is 5.69 Å². The minimum absolute atomic E-state index is 0.250. The van der Waals surface area contributed by atoms with Gasteiger partial charge in [-0.2, -0.15) is 0 Å². The molecule has 0 aliphatic rings. The highest BCUT2D eigenvalue weighted by atomic mass is 16.5. The van der Waals surface area contributed by atoms with Gasteiger partial charge in [0.25, 0.3) is 0 Å². The summed E-state index contributed by atoms with van der Waals surface area (Å²) in [5, 5.41) is 9.20. The third kappa shape index (κ3) is 1.61. The van der Waals surface area contributed by atoms with Crippen molar-refractivity contribution in [1.29, 1.82) is 0 Å². The molecule has 3 heteroatoms. The van der Waals surface area contributed by atoms with Gasteiger partial charge in [0.05, 0.1) is 12.8 Å². The van der Waals surface area contributed by atoms with Crippen molar-refractivity contribution < 1.29 is 9.84 Å². The number of hydrogen-bond acceptors (Lipinski definition) is 3. The van der Waals surface area contributed by atoms with Crippen LogP contribution in [0.4, 0.5) is 5.69 Å². The van der Waals surface area contributed by atoms with Crippen LogP contribution in [0.3, 0.4) is 0 Å². The predicted molar refractivity (Wildman–Crippen MR) is 49.0 cm³/mol. The molecular formula is C9H13NO2. The smallest absolute Gasteiger partial charge is 0.142 e. The van der Waals surface area contributed by atoms with Gasteiger partial charge in [0.15, 0.2) is 0 Å². The van der Waals surface area contributed by atoms with E-state index in [-0.39, 0.29) is 5.75 Å². The lowest BCUT2D eigenvalue weighted by Crippen LogP contribution is -2.09. The van der Waals surface area contributed by atoms with Gasteiger partial charge >= 0.3 is 0 Å². The molecule has 1 aromatic rings. The van der Waals surface area contributed by atoms with Crippen molar-refractivity contribution in [1.82, 2.24) is 0 Å². The molecule has 66 valence electrons. The van der Waals surface area contributed by atoms with Crippen molar-refractivity contribution in [2.24, 2.45) is 0 Å². The van der Waals surface area contributed by atoms with Crippen LogP contribution in [-0.2, 0) is 0 Å². The summed E-state index contributed by atoms with van der Waals surface area (Å²) in [6, 6.07) is 5.01. The van der Waals surface area contributed by atoms with E-state index in [1.807, 2.05) is 19.0 Å². The number of aromatic hydroxyl groups is 1. The Labute approximate surface area is 72.2 Å². The van der Waals surface area contributed by atoms with Crippen LogP contribution in [-0.4, -0.2) is 26.3 Å². The summed E-state index contributed by atoms with van der Waals surface area (Å²) in [5.74, 6) is 1.01. The van der Waals surface area contributed by atoms with Gasteiger partial charge in [-0.15, -0.1) is 0 Å². The van der Waals surface area contributed by atoms with E-state index < -0.39 is 0 Å². The number of phenolic OH excluding ortho intramolecular Hbond substituents is 1. The molecule has 0 radical (unpaired) electrons. The fourth-order valence-electron chi connectivity index (χ4n) is 1.03. The van der Waals surface area contributed by atoms with E-state index in [4.69, 9.17) is 4.74 Å². The van der Waals surface area contributed by atoms with Crippen LogP contribution >= 0.6 is 0 Å². The van der Waals surface area contributed by atoms with Gasteiger partial charge in [-0.1, -0.05) is 0 Å². The zero-order valence-electron chi connectivity index (χ0n) is 7.53. The predicted octanol–water partition coefficient (Wildman–Crippen LogP) is 1.47. The highest BCUT2D eigenvalue weighted by Crippen LogP contribution is 2.29. The molecule has 1 rings (SSSR count).